The molecule has 0 aliphatic heterocycles. The van der Waals surface area contributed by atoms with Crippen molar-refractivity contribution in [1.82, 2.24) is 19.3 Å². The predicted molar refractivity (Wildman–Crippen MR) is 114 cm³/mol. The van der Waals surface area contributed by atoms with Gasteiger partial charge in [-0.25, -0.2) is 14.5 Å². The molecule has 7 nitrogen and oxygen atoms in total. The lowest BCUT2D eigenvalue weighted by atomic mass is 10.1. The van der Waals surface area contributed by atoms with E-state index >= 15 is 0 Å². The summed E-state index contributed by atoms with van der Waals surface area (Å²) in [5.74, 6) is -1.61. The molecule has 0 saturated carbocycles. The number of rotatable bonds is 4. The summed E-state index contributed by atoms with van der Waals surface area (Å²) in [5.41, 5.74) is -1.90. The minimum atomic E-state index is -4.65. The first-order chi connectivity index (χ1) is 15.6. The molecule has 1 N–H and O–H groups in total. The van der Waals surface area contributed by atoms with Gasteiger partial charge in [-0.1, -0.05) is 17.7 Å². The lowest BCUT2D eigenvalue weighted by molar-refractivity contribution is -0.137. The fourth-order valence-electron chi connectivity index (χ4n) is 3.39. The van der Waals surface area contributed by atoms with Gasteiger partial charge in [-0.15, -0.1) is 0 Å². The lowest BCUT2D eigenvalue weighted by Gasteiger charge is -2.17. The van der Waals surface area contributed by atoms with Crippen molar-refractivity contribution in [2.75, 3.05) is 0 Å². The van der Waals surface area contributed by atoms with E-state index in [1.807, 2.05) is 0 Å². The van der Waals surface area contributed by atoms with Crippen LogP contribution in [0, 0.1) is 6.92 Å². The molecule has 2 aromatic heterocycles. The molecule has 0 amide bonds. The second kappa shape index (κ2) is 8.21. The molecule has 33 heavy (non-hydrogen) atoms. The van der Waals surface area contributed by atoms with E-state index in [0.717, 1.165) is 22.8 Å². The molecular weight excluding hydrogens is 461 g/mol. The Balaban J connectivity index is 2.00. The number of alkyl halides is 3. The van der Waals surface area contributed by atoms with Crippen LogP contribution in [0.3, 0.4) is 0 Å². The summed E-state index contributed by atoms with van der Waals surface area (Å²) in [5, 5.41) is 14.3. The second-order valence-electron chi connectivity index (χ2n) is 6.99. The van der Waals surface area contributed by atoms with Crippen molar-refractivity contribution in [2.24, 2.45) is 0 Å². The van der Waals surface area contributed by atoms with Crippen LogP contribution in [0.4, 0.5) is 13.2 Å². The van der Waals surface area contributed by atoms with Gasteiger partial charge in [-0.05, 0) is 55.5 Å². The third-order valence-corrected chi connectivity index (χ3v) is 5.15. The Morgan fingerprint density at radius 3 is 2.39 bits per heavy atom. The molecule has 2 heterocycles. The molecule has 0 unspecified atom stereocenters. The molecular formula is C22H14ClF3N4O3. The van der Waals surface area contributed by atoms with Gasteiger partial charge < -0.3 is 5.11 Å². The first-order valence-corrected chi connectivity index (χ1v) is 9.80. The van der Waals surface area contributed by atoms with Gasteiger partial charge in [0.05, 0.1) is 28.8 Å². The van der Waals surface area contributed by atoms with Crippen LogP contribution >= 0.6 is 11.6 Å². The SMILES string of the molecule is Cc1c(-c2ccnn2-c2ccc(Cl)cc2)nc(C(=O)O)c(=O)n1-c1cccc(C(F)(F)F)c1. The van der Waals surface area contributed by atoms with Crippen LogP contribution in [0.15, 0.2) is 65.6 Å². The molecule has 0 saturated heterocycles. The van der Waals surface area contributed by atoms with Gasteiger partial charge in [-0.2, -0.15) is 18.3 Å². The van der Waals surface area contributed by atoms with Crippen LogP contribution in [-0.4, -0.2) is 30.4 Å². The lowest BCUT2D eigenvalue weighted by Crippen LogP contribution is -2.30. The monoisotopic (exact) mass is 474 g/mol. The molecule has 0 atom stereocenters. The molecule has 0 aliphatic rings. The minimum absolute atomic E-state index is 0.0665. The summed E-state index contributed by atoms with van der Waals surface area (Å²) in [6.07, 6.45) is -3.20. The van der Waals surface area contributed by atoms with Gasteiger partial charge in [0.2, 0.25) is 5.69 Å². The highest BCUT2D eigenvalue weighted by molar-refractivity contribution is 6.30. The molecule has 11 heteroatoms. The molecule has 168 valence electrons. The van der Waals surface area contributed by atoms with Crippen molar-refractivity contribution >= 4 is 17.6 Å². The topological polar surface area (TPSA) is 90.0 Å². The molecule has 0 aliphatic carbocycles. The Bertz CT molecular complexity index is 1430. The van der Waals surface area contributed by atoms with Gasteiger partial charge in [0.25, 0.3) is 5.56 Å². The van der Waals surface area contributed by atoms with E-state index < -0.39 is 29.0 Å². The predicted octanol–water partition coefficient (Wildman–Crippen LogP) is 4.76. The number of aromatic carboxylic acids is 1. The zero-order valence-electron chi connectivity index (χ0n) is 16.8. The summed E-state index contributed by atoms with van der Waals surface area (Å²) >= 11 is 5.94. The molecule has 4 aromatic rings. The minimum Gasteiger partial charge on any atom is -0.476 e. The first kappa shape index (κ1) is 22.3. The van der Waals surface area contributed by atoms with Crippen molar-refractivity contribution in [3.8, 4) is 22.8 Å². The van der Waals surface area contributed by atoms with Gasteiger partial charge in [0.1, 0.15) is 5.69 Å². The van der Waals surface area contributed by atoms with E-state index in [9.17, 15) is 27.9 Å². The fraction of sp³-hybridized carbons (Fsp3) is 0.0909. The summed E-state index contributed by atoms with van der Waals surface area (Å²) < 4.78 is 42.1. The number of carbonyl (C=O) groups is 1. The van der Waals surface area contributed by atoms with Crippen molar-refractivity contribution in [3.05, 3.63) is 93.1 Å². The summed E-state index contributed by atoms with van der Waals surface area (Å²) in [4.78, 5) is 28.7. The molecule has 0 radical (unpaired) electrons. The van der Waals surface area contributed by atoms with Crippen molar-refractivity contribution in [2.45, 2.75) is 13.1 Å². The van der Waals surface area contributed by atoms with Crippen molar-refractivity contribution < 1.29 is 23.1 Å². The van der Waals surface area contributed by atoms with Gasteiger partial charge in [0, 0.05) is 10.7 Å². The van der Waals surface area contributed by atoms with Gasteiger partial charge >= 0.3 is 12.1 Å². The maximum absolute atomic E-state index is 13.2. The van der Waals surface area contributed by atoms with E-state index in [-0.39, 0.29) is 17.1 Å². The highest BCUT2D eigenvalue weighted by Gasteiger charge is 2.31. The number of hydrogen-bond donors (Lipinski definition) is 1. The standard InChI is InChI=1S/C22H14ClF3N4O3/c1-12-18(17-9-10-27-30(17)15-7-5-14(23)6-8-15)28-19(21(32)33)20(31)29(12)16-4-2-3-13(11-16)22(24,25)26/h2-11H,1H3,(H,32,33). The number of hydrogen-bond acceptors (Lipinski definition) is 4. The number of halogens is 4. The molecule has 2 aromatic carbocycles. The molecule has 0 fully saturated rings. The summed E-state index contributed by atoms with van der Waals surface area (Å²) in [7, 11) is 0. The Labute approximate surface area is 189 Å². The van der Waals surface area contributed by atoms with Crippen LogP contribution in [0.5, 0.6) is 0 Å². The Hall–Kier alpha value is -3.92. The third-order valence-electron chi connectivity index (χ3n) is 4.90. The number of carboxylic acid groups (broad SMARTS) is 1. The maximum Gasteiger partial charge on any atom is 0.416 e. The second-order valence-corrected chi connectivity index (χ2v) is 7.43. The summed E-state index contributed by atoms with van der Waals surface area (Å²) in [6.45, 7) is 1.47. The Kier molecular flexibility index (Phi) is 5.54. The highest BCUT2D eigenvalue weighted by Crippen LogP contribution is 2.31. The van der Waals surface area contributed by atoms with E-state index in [2.05, 4.69) is 10.1 Å². The smallest absolute Gasteiger partial charge is 0.416 e. The molecule has 4 rings (SSSR count). The number of benzene rings is 2. The van der Waals surface area contributed by atoms with Crippen LogP contribution < -0.4 is 5.56 Å². The Morgan fingerprint density at radius 2 is 1.76 bits per heavy atom. The zero-order chi connectivity index (χ0) is 23.9. The van der Waals surface area contributed by atoms with Crippen LogP contribution in [0.2, 0.25) is 5.02 Å². The number of carboxylic acids is 1. The van der Waals surface area contributed by atoms with Crippen LogP contribution in [0.1, 0.15) is 21.7 Å². The molecule has 0 spiro atoms. The van der Waals surface area contributed by atoms with Crippen molar-refractivity contribution in [3.63, 3.8) is 0 Å². The van der Waals surface area contributed by atoms with E-state index in [1.54, 1.807) is 30.3 Å². The van der Waals surface area contributed by atoms with Gasteiger partial charge in [-0.3, -0.25) is 9.36 Å². The number of aromatic nitrogens is 4. The number of nitrogens with zero attached hydrogens (tertiary/aromatic N) is 4. The van der Waals surface area contributed by atoms with Gasteiger partial charge in [0.15, 0.2) is 0 Å². The zero-order valence-corrected chi connectivity index (χ0v) is 17.6. The fourth-order valence-corrected chi connectivity index (χ4v) is 3.52. The van der Waals surface area contributed by atoms with Crippen molar-refractivity contribution in [1.29, 1.82) is 0 Å². The van der Waals surface area contributed by atoms with Crippen LogP contribution in [0.25, 0.3) is 22.8 Å². The quantitative estimate of drug-likeness (QED) is 0.460. The van der Waals surface area contributed by atoms with E-state index in [4.69, 9.17) is 11.6 Å². The first-order valence-electron chi connectivity index (χ1n) is 9.43. The normalized spacial score (nSPS) is 11.5. The average molecular weight is 475 g/mol. The largest absolute Gasteiger partial charge is 0.476 e. The molecule has 0 bridgehead atoms. The van der Waals surface area contributed by atoms with E-state index in [0.29, 0.717) is 16.4 Å². The third kappa shape index (κ3) is 4.12. The maximum atomic E-state index is 13.2. The Morgan fingerprint density at radius 1 is 1.06 bits per heavy atom. The summed E-state index contributed by atoms with van der Waals surface area (Å²) in [6, 6.07) is 12.2. The average Bonchev–Trinajstić information content (AvgIpc) is 3.23. The van der Waals surface area contributed by atoms with Crippen LogP contribution in [-0.2, 0) is 6.18 Å². The highest BCUT2D eigenvalue weighted by atomic mass is 35.5. The van der Waals surface area contributed by atoms with E-state index in [1.165, 1.54) is 23.9 Å².